The second kappa shape index (κ2) is 9.68. The van der Waals surface area contributed by atoms with E-state index in [1.165, 1.54) is 28.8 Å². The van der Waals surface area contributed by atoms with Crippen LogP contribution in [0.1, 0.15) is 27.9 Å². The molecular weight excluding hydrogens is 512 g/mol. The molecule has 3 aromatic carbocycles. The minimum atomic E-state index is -2.96. The summed E-state index contributed by atoms with van der Waals surface area (Å²) in [5, 5.41) is 0.691. The first-order valence-electron chi connectivity index (χ1n) is 12.1. The molecule has 0 aliphatic carbocycles. The average molecular weight is 534 g/mol. The van der Waals surface area contributed by atoms with Gasteiger partial charge >= 0.3 is 6.61 Å². The molecule has 1 amide bonds. The van der Waals surface area contributed by atoms with Crippen LogP contribution in [0, 0.1) is 0 Å². The Bertz CT molecular complexity index is 1650. The van der Waals surface area contributed by atoms with Crippen molar-refractivity contribution in [2.24, 2.45) is 0 Å². The van der Waals surface area contributed by atoms with Crippen molar-refractivity contribution in [3.63, 3.8) is 0 Å². The summed E-state index contributed by atoms with van der Waals surface area (Å²) < 4.78 is 31.0. The van der Waals surface area contributed by atoms with E-state index in [4.69, 9.17) is 0 Å². The number of para-hydroxylation sites is 1. The predicted molar refractivity (Wildman–Crippen MR) is 140 cm³/mol. The molecule has 0 spiro atoms. The summed E-state index contributed by atoms with van der Waals surface area (Å²) in [5.41, 5.74) is 3.94. The zero-order chi connectivity index (χ0) is 26.4. The van der Waals surface area contributed by atoms with Crippen LogP contribution in [-0.4, -0.2) is 40.2 Å². The van der Waals surface area contributed by atoms with Crippen molar-refractivity contribution in [3.05, 3.63) is 87.7 Å². The van der Waals surface area contributed by atoms with E-state index in [1.54, 1.807) is 30.3 Å². The lowest BCUT2D eigenvalue weighted by Gasteiger charge is -2.25. The fourth-order valence-corrected chi connectivity index (χ4v) is 5.97. The highest BCUT2D eigenvalue weighted by atomic mass is 32.2. The normalized spacial score (nSPS) is 14.3. The third kappa shape index (κ3) is 4.34. The van der Waals surface area contributed by atoms with Crippen LogP contribution in [0.5, 0.6) is 5.75 Å². The molecule has 0 atom stereocenters. The number of thioether (sulfide) groups is 1. The number of rotatable bonds is 7. The van der Waals surface area contributed by atoms with Gasteiger partial charge in [0.2, 0.25) is 5.91 Å². The zero-order valence-electron chi connectivity index (χ0n) is 20.0. The molecule has 2 aliphatic rings. The van der Waals surface area contributed by atoms with E-state index >= 15 is 0 Å². The van der Waals surface area contributed by atoms with Gasteiger partial charge in [-0.3, -0.25) is 19.0 Å². The van der Waals surface area contributed by atoms with Crippen LogP contribution in [-0.2, 0) is 17.6 Å². The van der Waals surface area contributed by atoms with Gasteiger partial charge in [-0.25, -0.2) is 4.98 Å². The number of ketones is 1. The molecule has 7 nitrogen and oxygen atoms in total. The number of carbonyl (C=O) groups is 2. The summed E-state index contributed by atoms with van der Waals surface area (Å²) in [4.78, 5) is 45.6. The van der Waals surface area contributed by atoms with Crippen LogP contribution in [0.2, 0.25) is 0 Å². The van der Waals surface area contributed by atoms with Gasteiger partial charge in [-0.1, -0.05) is 23.9 Å². The van der Waals surface area contributed by atoms with E-state index < -0.39 is 6.61 Å². The third-order valence-electron chi connectivity index (χ3n) is 6.73. The molecule has 10 heteroatoms. The number of ether oxygens (including phenoxy) is 1. The summed E-state index contributed by atoms with van der Waals surface area (Å²) in [5.74, 6) is -0.0882. The lowest BCUT2D eigenvalue weighted by atomic mass is 9.96. The number of Topliss-reactive ketones (excluding diaryl/α,β-unsaturated/α-hetero) is 1. The molecule has 0 N–H and O–H groups in total. The number of alkyl halides is 2. The van der Waals surface area contributed by atoms with Crippen molar-refractivity contribution in [1.82, 2.24) is 9.55 Å². The lowest BCUT2D eigenvalue weighted by molar-refractivity contribution is -0.117. The number of anilines is 1. The van der Waals surface area contributed by atoms with Crippen molar-refractivity contribution in [1.29, 1.82) is 0 Å². The third-order valence-corrected chi connectivity index (χ3v) is 7.67. The van der Waals surface area contributed by atoms with Crippen LogP contribution in [0.15, 0.2) is 70.6 Å². The summed E-state index contributed by atoms with van der Waals surface area (Å²) >= 11 is 1.12. The predicted octanol–water partition coefficient (Wildman–Crippen LogP) is 4.80. The highest BCUT2D eigenvalue weighted by molar-refractivity contribution is 7.99. The molecule has 1 aromatic heterocycles. The Morgan fingerprint density at radius 1 is 1.05 bits per heavy atom. The summed E-state index contributed by atoms with van der Waals surface area (Å²) in [6, 6.07) is 16.3. The number of amides is 1. The van der Waals surface area contributed by atoms with Crippen molar-refractivity contribution in [2.45, 2.75) is 31.0 Å². The smallest absolute Gasteiger partial charge is 0.387 e. The second-order valence-electron chi connectivity index (χ2n) is 9.11. The SMILES string of the molecule is O=C(CSc1nc2ccccc2c(=O)n1-c1ccc(OC(F)F)cc1)c1cc2c3c(c1)CC(=O)N3CCC2. The molecular formula is C28H21F2N3O4S. The van der Waals surface area contributed by atoms with E-state index in [2.05, 4.69) is 9.72 Å². The number of benzene rings is 3. The number of halogens is 2. The van der Waals surface area contributed by atoms with Crippen LogP contribution < -0.4 is 15.2 Å². The van der Waals surface area contributed by atoms with Gasteiger partial charge in [-0.15, -0.1) is 0 Å². The van der Waals surface area contributed by atoms with E-state index in [1.807, 2.05) is 11.0 Å². The highest BCUT2D eigenvalue weighted by Crippen LogP contribution is 2.38. The van der Waals surface area contributed by atoms with Gasteiger partial charge in [0.1, 0.15) is 5.75 Å². The summed E-state index contributed by atoms with van der Waals surface area (Å²) in [7, 11) is 0. The molecule has 0 saturated heterocycles. The Kier molecular flexibility index (Phi) is 6.19. The van der Waals surface area contributed by atoms with Crippen molar-refractivity contribution < 1.29 is 23.1 Å². The maximum atomic E-state index is 13.4. The van der Waals surface area contributed by atoms with Gasteiger partial charge in [0.25, 0.3) is 5.56 Å². The van der Waals surface area contributed by atoms with E-state index in [9.17, 15) is 23.2 Å². The maximum absolute atomic E-state index is 13.4. The van der Waals surface area contributed by atoms with Crippen molar-refractivity contribution in [3.8, 4) is 11.4 Å². The largest absolute Gasteiger partial charge is 0.435 e. The van der Waals surface area contributed by atoms with Crippen LogP contribution in [0.25, 0.3) is 16.6 Å². The molecule has 4 aromatic rings. The van der Waals surface area contributed by atoms with Crippen molar-refractivity contribution in [2.75, 3.05) is 17.2 Å². The molecule has 6 rings (SSSR count). The first-order chi connectivity index (χ1) is 18.4. The first-order valence-corrected chi connectivity index (χ1v) is 13.1. The van der Waals surface area contributed by atoms with Gasteiger partial charge in [0.15, 0.2) is 10.9 Å². The molecule has 0 bridgehead atoms. The van der Waals surface area contributed by atoms with Gasteiger partial charge in [0.05, 0.1) is 34.5 Å². The number of hydrogen-bond acceptors (Lipinski definition) is 6. The Morgan fingerprint density at radius 3 is 2.61 bits per heavy atom. The van der Waals surface area contributed by atoms with Gasteiger partial charge < -0.3 is 9.64 Å². The summed E-state index contributed by atoms with van der Waals surface area (Å²) in [6.45, 7) is -2.25. The summed E-state index contributed by atoms with van der Waals surface area (Å²) in [6.07, 6.45) is 1.98. The number of hydrogen-bond donors (Lipinski definition) is 0. The quantitative estimate of drug-likeness (QED) is 0.193. The second-order valence-corrected chi connectivity index (χ2v) is 10.0. The minimum absolute atomic E-state index is 0.0211. The van der Waals surface area contributed by atoms with E-state index in [-0.39, 0.29) is 28.8 Å². The monoisotopic (exact) mass is 533 g/mol. The van der Waals surface area contributed by atoms with Gasteiger partial charge in [-0.2, -0.15) is 8.78 Å². The molecule has 0 saturated carbocycles. The van der Waals surface area contributed by atoms with Gasteiger partial charge in [0, 0.05) is 12.1 Å². The first kappa shape index (κ1) is 24.3. The molecule has 0 radical (unpaired) electrons. The fraction of sp³-hybridized carbons (Fsp3) is 0.214. The number of nitrogens with zero attached hydrogens (tertiary/aromatic N) is 3. The van der Waals surface area contributed by atoms with Crippen LogP contribution in [0.4, 0.5) is 14.5 Å². The average Bonchev–Trinajstić information content (AvgIpc) is 3.24. The number of aromatic nitrogens is 2. The zero-order valence-corrected chi connectivity index (χ0v) is 20.8. The molecule has 0 unspecified atom stereocenters. The number of carbonyl (C=O) groups excluding carboxylic acids is 2. The fourth-order valence-electron chi connectivity index (χ4n) is 5.07. The van der Waals surface area contributed by atoms with E-state index in [0.717, 1.165) is 41.4 Å². The van der Waals surface area contributed by atoms with Crippen LogP contribution in [0.3, 0.4) is 0 Å². The highest BCUT2D eigenvalue weighted by Gasteiger charge is 2.33. The van der Waals surface area contributed by atoms with Crippen LogP contribution >= 0.6 is 11.8 Å². The van der Waals surface area contributed by atoms with Crippen molar-refractivity contribution >= 4 is 40.0 Å². The lowest BCUT2D eigenvalue weighted by Crippen LogP contribution is -2.31. The Balaban J connectivity index is 1.33. The molecule has 3 heterocycles. The molecule has 0 fully saturated rings. The Hall–Kier alpha value is -4.05. The topological polar surface area (TPSA) is 81.5 Å². The Morgan fingerprint density at radius 2 is 1.82 bits per heavy atom. The number of aryl methyl sites for hydroxylation is 1. The molecule has 38 heavy (non-hydrogen) atoms. The molecule has 192 valence electrons. The van der Waals surface area contributed by atoms with E-state index in [0.29, 0.717) is 40.3 Å². The maximum Gasteiger partial charge on any atom is 0.387 e. The standard InChI is InChI=1S/C28H21F2N3O4S/c29-27(30)37-20-9-7-19(8-10-20)33-26(36)21-5-1-2-6-22(21)31-28(33)38-15-23(34)17-12-16-4-3-11-32-24(35)14-18(13-17)25(16)32/h1-2,5-10,12-13,27H,3-4,11,14-15H2. The number of fused-ring (bicyclic) bond motifs is 1. The minimum Gasteiger partial charge on any atom is -0.435 e. The molecule has 2 aliphatic heterocycles. The van der Waals surface area contributed by atoms with Gasteiger partial charge in [-0.05, 0) is 72.5 Å². The Labute approximate surface area is 220 Å².